The summed E-state index contributed by atoms with van der Waals surface area (Å²) in [5.74, 6) is -0.854. The van der Waals surface area contributed by atoms with Crippen molar-refractivity contribution in [2.24, 2.45) is 0 Å². The molecule has 11 heteroatoms. The van der Waals surface area contributed by atoms with Gasteiger partial charge in [0.2, 0.25) is 15.9 Å². The number of carbonyl (C=O) groups is 1. The number of hydrogen-bond donors (Lipinski definition) is 3. The van der Waals surface area contributed by atoms with Gasteiger partial charge in [0.05, 0.1) is 11.3 Å². The average molecular weight is 443 g/mol. The normalized spacial score (nSPS) is 12.3. The van der Waals surface area contributed by atoms with E-state index < -0.39 is 34.5 Å². The maximum absolute atomic E-state index is 13.5. The van der Waals surface area contributed by atoms with Gasteiger partial charge in [-0.05, 0) is 55.0 Å². The lowest BCUT2D eigenvalue weighted by Crippen LogP contribution is -2.33. The van der Waals surface area contributed by atoms with Crippen molar-refractivity contribution in [3.63, 3.8) is 0 Å². The predicted octanol–water partition coefficient (Wildman–Crippen LogP) is 3.64. The molecular weight excluding hydrogens is 426 g/mol. The first-order chi connectivity index (χ1) is 13.9. The summed E-state index contributed by atoms with van der Waals surface area (Å²) in [5.41, 5.74) is 2.29. The second kappa shape index (κ2) is 8.07. The van der Waals surface area contributed by atoms with Gasteiger partial charge in [-0.2, -0.15) is 13.2 Å². The molecule has 0 atom stereocenters. The molecule has 2 aromatic carbocycles. The highest BCUT2D eigenvalue weighted by atomic mass is 32.2. The molecular formula is C19H17F4N3O3S. The van der Waals surface area contributed by atoms with E-state index in [1.54, 1.807) is 13.0 Å². The predicted molar refractivity (Wildman–Crippen MR) is 103 cm³/mol. The quantitative estimate of drug-likeness (QED) is 0.508. The zero-order chi connectivity index (χ0) is 22.1. The SMILES string of the molecule is Cc1[nH]c2ccc(F)cc2c1CC(=O)Nc1ccc(S(=O)(=O)NCC(F)(F)F)cc1. The third-order valence-corrected chi connectivity index (χ3v) is 5.75. The van der Waals surface area contributed by atoms with Crippen molar-refractivity contribution >= 4 is 32.5 Å². The van der Waals surface area contributed by atoms with Crippen LogP contribution in [0.4, 0.5) is 23.2 Å². The molecule has 0 saturated heterocycles. The zero-order valence-corrected chi connectivity index (χ0v) is 16.4. The molecule has 3 aromatic rings. The van der Waals surface area contributed by atoms with E-state index in [1.165, 1.54) is 29.0 Å². The van der Waals surface area contributed by atoms with Gasteiger partial charge in [0.1, 0.15) is 12.4 Å². The third kappa shape index (κ3) is 5.16. The molecule has 0 aliphatic rings. The highest BCUT2D eigenvalue weighted by Crippen LogP contribution is 2.24. The summed E-state index contributed by atoms with van der Waals surface area (Å²) in [6.07, 6.45) is -4.73. The number of aromatic nitrogens is 1. The number of sulfonamides is 1. The second-order valence-electron chi connectivity index (χ2n) is 6.61. The number of hydrogen-bond acceptors (Lipinski definition) is 3. The first-order valence-electron chi connectivity index (χ1n) is 8.68. The Kier molecular flexibility index (Phi) is 5.86. The van der Waals surface area contributed by atoms with Crippen molar-refractivity contribution in [2.75, 3.05) is 11.9 Å². The number of alkyl halides is 3. The smallest absolute Gasteiger partial charge is 0.358 e. The molecule has 3 N–H and O–H groups in total. The van der Waals surface area contributed by atoms with E-state index in [4.69, 9.17) is 0 Å². The Morgan fingerprint density at radius 3 is 2.40 bits per heavy atom. The topological polar surface area (TPSA) is 91.1 Å². The van der Waals surface area contributed by atoms with Gasteiger partial charge in [0.25, 0.3) is 0 Å². The van der Waals surface area contributed by atoms with Crippen LogP contribution in [0.1, 0.15) is 11.3 Å². The van der Waals surface area contributed by atoms with Gasteiger partial charge in [0.15, 0.2) is 0 Å². The Hall–Kier alpha value is -2.92. The third-order valence-electron chi connectivity index (χ3n) is 4.33. The monoisotopic (exact) mass is 443 g/mol. The number of fused-ring (bicyclic) bond motifs is 1. The van der Waals surface area contributed by atoms with E-state index in [-0.39, 0.29) is 17.0 Å². The van der Waals surface area contributed by atoms with Crippen LogP contribution in [0.5, 0.6) is 0 Å². The number of rotatable bonds is 6. The lowest BCUT2D eigenvalue weighted by molar-refractivity contribution is -0.121. The maximum atomic E-state index is 13.5. The largest absolute Gasteiger partial charge is 0.402 e. The number of nitrogens with one attached hydrogen (secondary N) is 3. The minimum atomic E-state index is -4.68. The number of aryl methyl sites for hydroxylation is 1. The van der Waals surface area contributed by atoms with Gasteiger partial charge in [-0.3, -0.25) is 4.79 Å². The van der Waals surface area contributed by atoms with Crippen LogP contribution in [0.25, 0.3) is 10.9 Å². The van der Waals surface area contributed by atoms with Crippen LogP contribution < -0.4 is 10.0 Å². The molecule has 3 rings (SSSR count). The Morgan fingerprint density at radius 1 is 1.10 bits per heavy atom. The number of H-pyrrole nitrogens is 1. The summed E-state index contributed by atoms with van der Waals surface area (Å²) in [4.78, 5) is 15.1. The fourth-order valence-electron chi connectivity index (χ4n) is 2.93. The molecule has 0 aliphatic carbocycles. The molecule has 1 amide bonds. The van der Waals surface area contributed by atoms with E-state index in [2.05, 4.69) is 10.3 Å². The van der Waals surface area contributed by atoms with Crippen LogP contribution in [0.15, 0.2) is 47.4 Å². The van der Waals surface area contributed by atoms with Crippen LogP contribution in [-0.4, -0.2) is 32.0 Å². The molecule has 0 fully saturated rings. The van der Waals surface area contributed by atoms with E-state index >= 15 is 0 Å². The number of halogens is 4. The van der Waals surface area contributed by atoms with Crippen LogP contribution in [-0.2, 0) is 21.2 Å². The fraction of sp³-hybridized carbons (Fsp3) is 0.211. The minimum Gasteiger partial charge on any atom is -0.358 e. The number of benzene rings is 2. The Morgan fingerprint density at radius 2 is 1.77 bits per heavy atom. The van der Waals surface area contributed by atoms with Gasteiger partial charge >= 0.3 is 6.18 Å². The summed E-state index contributed by atoms with van der Waals surface area (Å²) < 4.78 is 75.4. The molecule has 0 bridgehead atoms. The van der Waals surface area contributed by atoms with Crippen molar-refractivity contribution < 1.29 is 30.8 Å². The van der Waals surface area contributed by atoms with Crippen molar-refractivity contribution in [1.29, 1.82) is 0 Å². The molecule has 1 heterocycles. The Labute approximate surface area is 169 Å². The maximum Gasteiger partial charge on any atom is 0.402 e. The standard InChI is InChI=1S/C19H17F4N3O3S/c1-11-15(16-8-12(20)2-7-17(16)25-11)9-18(27)26-13-3-5-14(6-4-13)30(28,29)24-10-19(21,22)23/h2-8,24-25H,9-10H2,1H3,(H,26,27). The highest BCUT2D eigenvalue weighted by Gasteiger charge is 2.30. The van der Waals surface area contributed by atoms with Crippen molar-refractivity contribution in [3.8, 4) is 0 Å². The molecule has 0 unspecified atom stereocenters. The fourth-order valence-corrected chi connectivity index (χ4v) is 3.94. The molecule has 0 aliphatic heterocycles. The molecule has 0 saturated carbocycles. The lowest BCUT2D eigenvalue weighted by Gasteiger charge is -2.10. The number of anilines is 1. The number of aromatic amines is 1. The van der Waals surface area contributed by atoms with Gasteiger partial charge in [-0.25, -0.2) is 17.5 Å². The molecule has 1 aromatic heterocycles. The van der Waals surface area contributed by atoms with Gasteiger partial charge in [-0.1, -0.05) is 0 Å². The average Bonchev–Trinajstić information content (AvgIpc) is 2.95. The van der Waals surface area contributed by atoms with Crippen LogP contribution >= 0.6 is 0 Å². The summed E-state index contributed by atoms with van der Waals surface area (Å²) >= 11 is 0. The second-order valence-corrected chi connectivity index (χ2v) is 8.37. The van der Waals surface area contributed by atoms with Crippen molar-refractivity contribution in [2.45, 2.75) is 24.4 Å². The van der Waals surface area contributed by atoms with Crippen molar-refractivity contribution in [1.82, 2.24) is 9.71 Å². The first kappa shape index (κ1) is 21.8. The molecule has 30 heavy (non-hydrogen) atoms. The van der Waals surface area contributed by atoms with Gasteiger partial charge < -0.3 is 10.3 Å². The summed E-state index contributed by atoms with van der Waals surface area (Å²) in [6, 6.07) is 8.91. The summed E-state index contributed by atoms with van der Waals surface area (Å²) in [7, 11) is -4.34. The zero-order valence-electron chi connectivity index (χ0n) is 15.6. The van der Waals surface area contributed by atoms with E-state index in [1.807, 2.05) is 0 Å². The van der Waals surface area contributed by atoms with Crippen LogP contribution in [0.2, 0.25) is 0 Å². The van der Waals surface area contributed by atoms with Gasteiger partial charge in [0, 0.05) is 22.3 Å². The summed E-state index contributed by atoms with van der Waals surface area (Å²) in [5, 5.41) is 3.16. The van der Waals surface area contributed by atoms with E-state index in [0.29, 0.717) is 22.2 Å². The molecule has 0 spiro atoms. The number of carbonyl (C=O) groups excluding carboxylic acids is 1. The van der Waals surface area contributed by atoms with Crippen LogP contribution in [0.3, 0.4) is 0 Å². The molecule has 6 nitrogen and oxygen atoms in total. The molecule has 0 radical (unpaired) electrons. The minimum absolute atomic E-state index is 0.0531. The number of amides is 1. The highest BCUT2D eigenvalue weighted by molar-refractivity contribution is 7.89. The molecule has 160 valence electrons. The first-order valence-corrected chi connectivity index (χ1v) is 10.2. The summed E-state index contributed by atoms with van der Waals surface area (Å²) in [6.45, 7) is 0.0759. The van der Waals surface area contributed by atoms with Crippen molar-refractivity contribution in [3.05, 3.63) is 59.5 Å². The van der Waals surface area contributed by atoms with Gasteiger partial charge in [-0.15, -0.1) is 0 Å². The van der Waals surface area contributed by atoms with E-state index in [0.717, 1.165) is 12.1 Å². The Bertz CT molecular complexity index is 1190. The van der Waals surface area contributed by atoms with E-state index in [9.17, 15) is 30.8 Å². The van der Waals surface area contributed by atoms with Crippen LogP contribution in [0, 0.1) is 12.7 Å². The lowest BCUT2D eigenvalue weighted by atomic mass is 10.1. The Balaban J connectivity index is 1.70.